The summed E-state index contributed by atoms with van der Waals surface area (Å²) in [5, 5.41) is 4.86. The number of fused-ring (bicyclic) bond motifs is 1. The summed E-state index contributed by atoms with van der Waals surface area (Å²) in [5.74, 6) is -1.74. The molecular weight excluding hydrogens is 391 g/mol. The summed E-state index contributed by atoms with van der Waals surface area (Å²) in [6, 6.07) is 0.909. The van der Waals surface area contributed by atoms with Crippen LogP contribution in [0.2, 0.25) is 0 Å². The van der Waals surface area contributed by atoms with E-state index in [1.807, 2.05) is 4.90 Å². The average molecular weight is 407 g/mol. The number of halogens is 3. The van der Waals surface area contributed by atoms with Gasteiger partial charge in [-0.25, -0.2) is 13.6 Å². The lowest BCUT2D eigenvalue weighted by molar-refractivity contribution is -0.139. The van der Waals surface area contributed by atoms with Gasteiger partial charge >= 0.3 is 6.18 Å². The minimum atomic E-state index is -5.05. The van der Waals surface area contributed by atoms with Gasteiger partial charge in [0.15, 0.2) is 0 Å². The van der Waals surface area contributed by atoms with Crippen LogP contribution >= 0.6 is 0 Å². The van der Waals surface area contributed by atoms with Crippen molar-refractivity contribution in [1.82, 2.24) is 9.80 Å². The number of rotatable bonds is 4. The van der Waals surface area contributed by atoms with E-state index in [0.717, 1.165) is 4.90 Å². The highest BCUT2D eigenvalue weighted by molar-refractivity contribution is 7.89. The molecule has 0 aliphatic carbocycles. The highest BCUT2D eigenvalue weighted by Crippen LogP contribution is 2.37. The van der Waals surface area contributed by atoms with Crippen molar-refractivity contribution in [3.05, 3.63) is 28.8 Å². The number of ether oxygens (including phenoxy) is 1. The Hall–Kier alpha value is -2.02. The molecule has 3 rings (SSSR count). The zero-order chi connectivity index (χ0) is 20.0. The summed E-state index contributed by atoms with van der Waals surface area (Å²) in [4.78, 5) is 26.4. The van der Waals surface area contributed by atoms with E-state index in [0.29, 0.717) is 45.0 Å². The molecule has 1 fully saturated rings. The van der Waals surface area contributed by atoms with Crippen LogP contribution in [-0.2, 0) is 20.9 Å². The molecule has 1 aromatic rings. The van der Waals surface area contributed by atoms with E-state index in [1.165, 1.54) is 0 Å². The molecule has 0 bridgehead atoms. The highest BCUT2D eigenvalue weighted by Gasteiger charge is 2.43. The number of hydrogen-bond acceptors (Lipinski definition) is 6. The molecule has 0 radical (unpaired) electrons. The Bertz CT molecular complexity index is 895. The number of morpholine rings is 1. The topological polar surface area (TPSA) is 110 Å². The van der Waals surface area contributed by atoms with Crippen molar-refractivity contribution in [2.75, 3.05) is 39.4 Å². The number of nitrogens with two attached hydrogens (primary N) is 1. The van der Waals surface area contributed by atoms with Crippen molar-refractivity contribution < 1.29 is 35.9 Å². The summed E-state index contributed by atoms with van der Waals surface area (Å²) in [6.45, 7) is 2.54. The monoisotopic (exact) mass is 407 g/mol. The number of imide groups is 1. The van der Waals surface area contributed by atoms with E-state index >= 15 is 0 Å². The molecule has 1 saturated heterocycles. The Labute approximate surface area is 152 Å². The van der Waals surface area contributed by atoms with Gasteiger partial charge in [-0.1, -0.05) is 0 Å². The van der Waals surface area contributed by atoms with Crippen LogP contribution in [0.25, 0.3) is 0 Å². The Balaban J connectivity index is 1.93. The number of amides is 2. The molecule has 8 nitrogen and oxygen atoms in total. The number of alkyl halides is 3. The second kappa shape index (κ2) is 6.86. The molecule has 2 heterocycles. The third-order valence-electron chi connectivity index (χ3n) is 4.43. The minimum Gasteiger partial charge on any atom is -0.379 e. The van der Waals surface area contributed by atoms with Crippen molar-refractivity contribution in [2.45, 2.75) is 11.1 Å². The van der Waals surface area contributed by atoms with Gasteiger partial charge in [0.2, 0.25) is 10.0 Å². The number of primary sulfonamides is 1. The summed E-state index contributed by atoms with van der Waals surface area (Å²) in [7, 11) is -4.75. The van der Waals surface area contributed by atoms with Crippen LogP contribution in [0.15, 0.2) is 17.0 Å². The van der Waals surface area contributed by atoms with Gasteiger partial charge in [-0.05, 0) is 12.1 Å². The van der Waals surface area contributed by atoms with Gasteiger partial charge in [0, 0.05) is 26.2 Å². The van der Waals surface area contributed by atoms with E-state index < -0.39 is 49.6 Å². The van der Waals surface area contributed by atoms with Gasteiger partial charge in [-0.2, -0.15) is 13.2 Å². The zero-order valence-corrected chi connectivity index (χ0v) is 14.8. The molecule has 0 unspecified atom stereocenters. The molecule has 1 aromatic carbocycles. The number of carbonyl (C=O) groups is 2. The maximum absolute atomic E-state index is 13.2. The Morgan fingerprint density at radius 1 is 1.04 bits per heavy atom. The standard InChI is InChI=1S/C15H16F3N3O5S/c16-15(17,18)11-7-9-10(8-12(11)27(19,24)25)14(23)21(13(9)22)2-1-20-3-5-26-6-4-20/h7-8H,1-6H2,(H2,19,24,25). The lowest BCUT2D eigenvalue weighted by Gasteiger charge is -2.27. The molecule has 2 N–H and O–H groups in total. The van der Waals surface area contributed by atoms with Gasteiger partial charge in [0.1, 0.15) is 0 Å². The lowest BCUT2D eigenvalue weighted by atomic mass is 10.1. The average Bonchev–Trinajstić information content (AvgIpc) is 2.82. The van der Waals surface area contributed by atoms with E-state index in [-0.39, 0.29) is 6.54 Å². The number of benzene rings is 1. The first-order valence-electron chi connectivity index (χ1n) is 7.94. The maximum Gasteiger partial charge on any atom is 0.417 e. The van der Waals surface area contributed by atoms with Crippen LogP contribution in [0, 0.1) is 0 Å². The minimum absolute atomic E-state index is 0.0294. The van der Waals surface area contributed by atoms with Crippen LogP contribution in [0.5, 0.6) is 0 Å². The van der Waals surface area contributed by atoms with Gasteiger partial charge in [0.05, 0.1) is 34.8 Å². The molecule has 0 aromatic heterocycles. The Morgan fingerprint density at radius 2 is 1.59 bits per heavy atom. The number of nitrogens with zero attached hydrogens (tertiary/aromatic N) is 2. The summed E-state index contributed by atoms with van der Waals surface area (Å²) >= 11 is 0. The van der Waals surface area contributed by atoms with Crippen LogP contribution in [0.3, 0.4) is 0 Å². The van der Waals surface area contributed by atoms with Crippen molar-refractivity contribution in [3.8, 4) is 0 Å². The van der Waals surface area contributed by atoms with Crippen LogP contribution in [-0.4, -0.2) is 69.4 Å². The smallest absolute Gasteiger partial charge is 0.379 e. The molecule has 2 amide bonds. The Kier molecular flexibility index (Phi) is 5.01. The normalized spacial score (nSPS) is 18.9. The van der Waals surface area contributed by atoms with Crippen molar-refractivity contribution in [2.24, 2.45) is 5.14 Å². The SMILES string of the molecule is NS(=O)(=O)c1cc2c(cc1C(F)(F)F)C(=O)N(CCN1CCOCC1)C2=O. The van der Waals surface area contributed by atoms with Crippen molar-refractivity contribution >= 4 is 21.8 Å². The Morgan fingerprint density at radius 3 is 2.11 bits per heavy atom. The van der Waals surface area contributed by atoms with Crippen LogP contribution < -0.4 is 5.14 Å². The van der Waals surface area contributed by atoms with Gasteiger partial charge in [0.25, 0.3) is 11.8 Å². The predicted molar refractivity (Wildman–Crippen MR) is 85.4 cm³/mol. The molecule has 27 heavy (non-hydrogen) atoms. The van der Waals surface area contributed by atoms with Gasteiger partial charge in [-0.15, -0.1) is 0 Å². The fourth-order valence-corrected chi connectivity index (χ4v) is 3.81. The molecule has 0 atom stereocenters. The fraction of sp³-hybridized carbons (Fsp3) is 0.467. The second-order valence-electron chi connectivity index (χ2n) is 6.15. The highest BCUT2D eigenvalue weighted by atomic mass is 32.2. The molecule has 12 heteroatoms. The maximum atomic E-state index is 13.2. The zero-order valence-electron chi connectivity index (χ0n) is 14.0. The molecule has 0 spiro atoms. The van der Waals surface area contributed by atoms with E-state index in [4.69, 9.17) is 9.88 Å². The molecule has 2 aliphatic heterocycles. The number of hydrogen-bond donors (Lipinski definition) is 1. The first-order chi connectivity index (χ1) is 12.5. The molecule has 0 saturated carbocycles. The van der Waals surface area contributed by atoms with Crippen molar-refractivity contribution in [1.29, 1.82) is 0 Å². The summed E-state index contributed by atoms with van der Waals surface area (Å²) < 4.78 is 67.9. The number of carbonyl (C=O) groups excluding carboxylic acids is 2. The first-order valence-corrected chi connectivity index (χ1v) is 9.49. The van der Waals surface area contributed by atoms with Crippen molar-refractivity contribution in [3.63, 3.8) is 0 Å². The van der Waals surface area contributed by atoms with Gasteiger partial charge in [-0.3, -0.25) is 19.4 Å². The largest absolute Gasteiger partial charge is 0.417 e. The van der Waals surface area contributed by atoms with Crippen LogP contribution in [0.1, 0.15) is 26.3 Å². The van der Waals surface area contributed by atoms with Crippen LogP contribution in [0.4, 0.5) is 13.2 Å². The molecular formula is C15H16F3N3O5S. The molecule has 2 aliphatic rings. The fourth-order valence-electron chi connectivity index (χ4n) is 3.04. The number of sulfonamides is 1. The quantitative estimate of drug-likeness (QED) is 0.718. The first kappa shape index (κ1) is 19.7. The van der Waals surface area contributed by atoms with E-state index in [9.17, 15) is 31.2 Å². The second-order valence-corrected chi connectivity index (χ2v) is 7.68. The van der Waals surface area contributed by atoms with E-state index in [2.05, 4.69) is 0 Å². The summed E-state index contributed by atoms with van der Waals surface area (Å²) in [6.07, 6.45) is -5.05. The van der Waals surface area contributed by atoms with Gasteiger partial charge < -0.3 is 4.74 Å². The third-order valence-corrected chi connectivity index (χ3v) is 5.38. The third kappa shape index (κ3) is 3.83. The summed E-state index contributed by atoms with van der Waals surface area (Å²) in [5.41, 5.74) is -2.46. The lowest BCUT2D eigenvalue weighted by Crippen LogP contribution is -2.42. The van der Waals surface area contributed by atoms with E-state index in [1.54, 1.807) is 0 Å². The molecule has 148 valence electrons. The predicted octanol–water partition coefficient (Wildman–Crippen LogP) is 0.281.